The number of ether oxygens (including phenoxy) is 2. The Labute approximate surface area is 128 Å². The quantitative estimate of drug-likeness (QED) is 0.844. The monoisotopic (exact) mass is 308 g/mol. The van der Waals surface area contributed by atoms with E-state index in [-0.39, 0.29) is 11.3 Å². The summed E-state index contributed by atoms with van der Waals surface area (Å²) in [6.45, 7) is 5.02. The molecular weight excluding hydrogens is 292 g/mol. The molecule has 1 aromatic carbocycles. The van der Waals surface area contributed by atoms with Gasteiger partial charge >= 0.3 is 6.01 Å². The van der Waals surface area contributed by atoms with Gasteiger partial charge in [-0.3, -0.25) is 0 Å². The van der Waals surface area contributed by atoms with Gasteiger partial charge in [-0.2, -0.15) is 15.0 Å². The number of nitrogens with zero attached hydrogens (tertiary/aromatic N) is 3. The third-order valence-corrected chi connectivity index (χ3v) is 2.63. The van der Waals surface area contributed by atoms with Crippen molar-refractivity contribution in [3.05, 3.63) is 29.5 Å². The van der Waals surface area contributed by atoms with Crippen LogP contribution in [0, 0.1) is 0 Å². The first-order valence-corrected chi connectivity index (χ1v) is 7.14. The molecule has 1 heterocycles. The Bertz CT molecular complexity index is 595. The third-order valence-electron chi connectivity index (χ3n) is 2.46. The summed E-state index contributed by atoms with van der Waals surface area (Å²) < 4.78 is 10.9. The van der Waals surface area contributed by atoms with Crippen molar-refractivity contribution in [3.8, 4) is 11.8 Å². The number of anilines is 2. The molecule has 0 saturated heterocycles. The largest absolute Gasteiger partial charge is 0.492 e. The number of halogens is 1. The van der Waals surface area contributed by atoms with E-state index in [0.29, 0.717) is 24.9 Å². The summed E-state index contributed by atoms with van der Waals surface area (Å²) in [5, 5.41) is 3.14. The maximum absolute atomic E-state index is 5.88. The molecule has 7 heteroatoms. The lowest BCUT2D eigenvalue weighted by molar-refractivity contribution is 0.292. The highest BCUT2D eigenvalue weighted by atomic mass is 35.5. The minimum absolute atomic E-state index is 0.0764. The number of aromatic nitrogens is 3. The number of para-hydroxylation sites is 2. The van der Waals surface area contributed by atoms with Crippen LogP contribution in [0.3, 0.4) is 0 Å². The lowest BCUT2D eigenvalue weighted by Crippen LogP contribution is -2.05. The maximum atomic E-state index is 5.88. The van der Waals surface area contributed by atoms with Crippen LogP contribution < -0.4 is 14.8 Å². The highest BCUT2D eigenvalue weighted by molar-refractivity contribution is 6.28. The molecule has 6 nitrogen and oxygen atoms in total. The number of benzene rings is 1. The molecule has 0 radical (unpaired) electrons. The summed E-state index contributed by atoms with van der Waals surface area (Å²) in [5.74, 6) is 1.03. The van der Waals surface area contributed by atoms with Gasteiger partial charge in [0.1, 0.15) is 5.75 Å². The number of rotatable bonds is 7. The van der Waals surface area contributed by atoms with E-state index in [1.54, 1.807) is 0 Å². The lowest BCUT2D eigenvalue weighted by Gasteiger charge is -2.11. The normalized spacial score (nSPS) is 10.2. The predicted octanol–water partition coefficient (Wildman–Crippen LogP) is 3.46. The number of hydrogen-bond donors (Lipinski definition) is 1. The molecule has 0 saturated carbocycles. The van der Waals surface area contributed by atoms with Crippen LogP contribution in [-0.2, 0) is 0 Å². The van der Waals surface area contributed by atoms with E-state index in [2.05, 4.69) is 20.3 Å². The smallest absolute Gasteiger partial charge is 0.322 e. The minimum Gasteiger partial charge on any atom is -0.492 e. The molecule has 1 aromatic heterocycles. The van der Waals surface area contributed by atoms with Crippen molar-refractivity contribution in [2.24, 2.45) is 0 Å². The van der Waals surface area contributed by atoms with Crippen LogP contribution in [-0.4, -0.2) is 28.2 Å². The van der Waals surface area contributed by atoms with Crippen molar-refractivity contribution < 1.29 is 9.47 Å². The van der Waals surface area contributed by atoms with Crippen molar-refractivity contribution in [1.82, 2.24) is 15.0 Å². The topological polar surface area (TPSA) is 69.2 Å². The first-order valence-electron chi connectivity index (χ1n) is 6.76. The Hall–Kier alpha value is -2.08. The van der Waals surface area contributed by atoms with Gasteiger partial charge in [0.05, 0.1) is 18.9 Å². The summed E-state index contributed by atoms with van der Waals surface area (Å²) in [7, 11) is 0. The number of hydrogen-bond acceptors (Lipinski definition) is 6. The fourth-order valence-electron chi connectivity index (χ4n) is 1.62. The second-order valence-corrected chi connectivity index (χ2v) is 4.45. The van der Waals surface area contributed by atoms with E-state index in [1.165, 1.54) is 0 Å². The molecule has 0 amide bonds. The van der Waals surface area contributed by atoms with Crippen molar-refractivity contribution >= 4 is 23.2 Å². The van der Waals surface area contributed by atoms with E-state index < -0.39 is 0 Å². The van der Waals surface area contributed by atoms with Crippen molar-refractivity contribution in [1.29, 1.82) is 0 Å². The van der Waals surface area contributed by atoms with Gasteiger partial charge in [-0.25, -0.2) is 0 Å². The van der Waals surface area contributed by atoms with E-state index in [1.807, 2.05) is 38.1 Å². The van der Waals surface area contributed by atoms with E-state index >= 15 is 0 Å². The van der Waals surface area contributed by atoms with Crippen molar-refractivity contribution in [2.75, 3.05) is 18.5 Å². The first-order chi connectivity index (χ1) is 10.2. The summed E-state index contributed by atoms with van der Waals surface area (Å²) >= 11 is 5.88. The van der Waals surface area contributed by atoms with Gasteiger partial charge in [0.25, 0.3) is 0 Å². The SMILES string of the molecule is CCCOc1nc(Cl)nc(Nc2ccccc2OCC)n1. The maximum Gasteiger partial charge on any atom is 0.322 e. The molecule has 2 rings (SSSR count). The molecular formula is C14H17ClN4O2. The van der Waals surface area contributed by atoms with Gasteiger partial charge in [0.15, 0.2) is 0 Å². The van der Waals surface area contributed by atoms with Gasteiger partial charge in [-0.05, 0) is 37.1 Å². The summed E-state index contributed by atoms with van der Waals surface area (Å²) in [5.41, 5.74) is 0.753. The molecule has 0 aliphatic rings. The van der Waals surface area contributed by atoms with Crippen LogP contribution in [0.25, 0.3) is 0 Å². The van der Waals surface area contributed by atoms with E-state index in [0.717, 1.165) is 12.1 Å². The fraction of sp³-hybridized carbons (Fsp3) is 0.357. The summed E-state index contributed by atoms with van der Waals surface area (Å²) in [4.78, 5) is 12.1. The third kappa shape index (κ3) is 4.46. The van der Waals surface area contributed by atoms with E-state index in [9.17, 15) is 0 Å². The standard InChI is InChI=1S/C14H17ClN4O2/c1-3-9-21-14-18-12(15)17-13(19-14)16-10-7-5-6-8-11(10)20-4-2/h5-8H,3-4,9H2,1-2H3,(H,16,17,18,19). The molecule has 2 aromatic rings. The molecule has 0 aliphatic carbocycles. The second kappa shape index (κ2) is 7.64. The molecule has 0 bridgehead atoms. The highest BCUT2D eigenvalue weighted by Gasteiger charge is 2.09. The summed E-state index contributed by atoms with van der Waals surface area (Å²) in [6, 6.07) is 7.72. The molecule has 0 atom stereocenters. The van der Waals surface area contributed by atoms with Crippen molar-refractivity contribution in [3.63, 3.8) is 0 Å². The molecule has 0 unspecified atom stereocenters. The Morgan fingerprint density at radius 2 is 1.90 bits per heavy atom. The van der Waals surface area contributed by atoms with Crippen LogP contribution in [0.1, 0.15) is 20.3 Å². The number of nitrogens with one attached hydrogen (secondary N) is 1. The predicted molar refractivity (Wildman–Crippen MR) is 81.5 cm³/mol. The summed E-state index contributed by atoms with van der Waals surface area (Å²) in [6.07, 6.45) is 0.860. The fourth-order valence-corrected chi connectivity index (χ4v) is 1.77. The second-order valence-electron chi connectivity index (χ2n) is 4.11. The first kappa shape index (κ1) is 15.3. The zero-order valence-electron chi connectivity index (χ0n) is 12.0. The van der Waals surface area contributed by atoms with Gasteiger partial charge in [-0.15, -0.1) is 0 Å². The van der Waals surface area contributed by atoms with Crippen LogP contribution in [0.4, 0.5) is 11.6 Å². The molecule has 21 heavy (non-hydrogen) atoms. The average Bonchev–Trinajstić information content (AvgIpc) is 2.47. The molecule has 0 fully saturated rings. The van der Waals surface area contributed by atoms with Gasteiger partial charge < -0.3 is 14.8 Å². The lowest BCUT2D eigenvalue weighted by atomic mass is 10.3. The van der Waals surface area contributed by atoms with Gasteiger partial charge in [-0.1, -0.05) is 19.1 Å². The molecule has 1 N–H and O–H groups in total. The van der Waals surface area contributed by atoms with Crippen LogP contribution >= 0.6 is 11.6 Å². The Balaban J connectivity index is 2.21. The van der Waals surface area contributed by atoms with Gasteiger partial charge in [0.2, 0.25) is 11.2 Å². The van der Waals surface area contributed by atoms with Gasteiger partial charge in [0, 0.05) is 0 Å². The van der Waals surface area contributed by atoms with Crippen LogP contribution in [0.5, 0.6) is 11.8 Å². The molecule has 112 valence electrons. The van der Waals surface area contributed by atoms with E-state index in [4.69, 9.17) is 21.1 Å². The van der Waals surface area contributed by atoms with Crippen LogP contribution in [0.2, 0.25) is 5.28 Å². The zero-order chi connectivity index (χ0) is 15.1. The Kier molecular flexibility index (Phi) is 5.57. The minimum atomic E-state index is 0.0764. The Morgan fingerprint density at radius 3 is 2.67 bits per heavy atom. The zero-order valence-corrected chi connectivity index (χ0v) is 12.7. The average molecular weight is 309 g/mol. The Morgan fingerprint density at radius 1 is 1.10 bits per heavy atom. The molecule has 0 spiro atoms. The van der Waals surface area contributed by atoms with Crippen molar-refractivity contribution in [2.45, 2.75) is 20.3 Å². The highest BCUT2D eigenvalue weighted by Crippen LogP contribution is 2.26. The molecule has 0 aliphatic heterocycles. The van der Waals surface area contributed by atoms with Crippen LogP contribution in [0.15, 0.2) is 24.3 Å².